The molecule has 0 aliphatic carbocycles. The van der Waals surface area contributed by atoms with Gasteiger partial charge in [0.2, 0.25) is 0 Å². The molecule has 1 aromatic carbocycles. The molecule has 0 saturated carbocycles. The highest BCUT2D eigenvalue weighted by Gasteiger charge is 1.90. The van der Waals surface area contributed by atoms with Crippen LogP contribution in [0.15, 0.2) is 41.5 Å². The zero-order valence-electron chi connectivity index (χ0n) is 8.69. The molecule has 1 aromatic rings. The Morgan fingerprint density at radius 2 is 2.00 bits per heavy atom. The standard InChI is InChI=1S/C12H16OS/c1-3-13-9-4-10-14-12-7-5-11(2)6-8-12/h4-9H,3,10H2,1-2H3. The van der Waals surface area contributed by atoms with Crippen LogP contribution >= 0.6 is 11.8 Å². The molecule has 1 nitrogen and oxygen atoms in total. The molecule has 0 aliphatic heterocycles. The first-order chi connectivity index (χ1) is 6.83. The van der Waals surface area contributed by atoms with E-state index >= 15 is 0 Å². The summed E-state index contributed by atoms with van der Waals surface area (Å²) in [5.74, 6) is 0.961. The Kier molecular flexibility index (Phi) is 5.23. The third kappa shape index (κ3) is 4.38. The molecule has 0 saturated heterocycles. The SMILES string of the molecule is CCOC=CCSc1ccc(C)cc1. The van der Waals surface area contributed by atoms with Gasteiger partial charge in [0, 0.05) is 10.6 Å². The minimum atomic E-state index is 0.742. The van der Waals surface area contributed by atoms with Gasteiger partial charge in [-0.15, -0.1) is 11.8 Å². The average molecular weight is 208 g/mol. The Labute approximate surface area is 90.2 Å². The first-order valence-electron chi connectivity index (χ1n) is 4.79. The van der Waals surface area contributed by atoms with Crippen molar-refractivity contribution in [2.75, 3.05) is 12.4 Å². The van der Waals surface area contributed by atoms with Gasteiger partial charge in [0.05, 0.1) is 12.9 Å². The summed E-state index contributed by atoms with van der Waals surface area (Å²) in [6.07, 6.45) is 3.80. The van der Waals surface area contributed by atoms with E-state index in [1.807, 2.05) is 24.8 Å². The summed E-state index contributed by atoms with van der Waals surface area (Å²) in [6, 6.07) is 8.56. The number of hydrogen-bond acceptors (Lipinski definition) is 2. The minimum Gasteiger partial charge on any atom is -0.502 e. The molecule has 0 aliphatic rings. The molecule has 0 radical (unpaired) electrons. The Morgan fingerprint density at radius 3 is 2.64 bits per heavy atom. The van der Waals surface area contributed by atoms with Gasteiger partial charge in [-0.2, -0.15) is 0 Å². The van der Waals surface area contributed by atoms with Crippen LogP contribution in [0.2, 0.25) is 0 Å². The monoisotopic (exact) mass is 208 g/mol. The molecule has 2 heteroatoms. The third-order valence-corrected chi connectivity index (χ3v) is 2.69. The molecule has 0 unspecified atom stereocenters. The summed E-state index contributed by atoms with van der Waals surface area (Å²) in [4.78, 5) is 1.30. The maximum absolute atomic E-state index is 5.10. The predicted octanol–water partition coefficient (Wildman–Crippen LogP) is 3.64. The molecule has 0 aromatic heterocycles. The van der Waals surface area contributed by atoms with E-state index in [4.69, 9.17) is 4.74 Å². The summed E-state index contributed by atoms with van der Waals surface area (Å²) in [6.45, 7) is 4.83. The van der Waals surface area contributed by atoms with Gasteiger partial charge >= 0.3 is 0 Å². The Balaban J connectivity index is 2.28. The second-order valence-electron chi connectivity index (χ2n) is 2.95. The average Bonchev–Trinajstić information content (AvgIpc) is 2.21. The highest BCUT2D eigenvalue weighted by atomic mass is 32.2. The van der Waals surface area contributed by atoms with E-state index in [0.29, 0.717) is 0 Å². The molecule has 0 heterocycles. The van der Waals surface area contributed by atoms with E-state index in [1.54, 1.807) is 6.26 Å². The van der Waals surface area contributed by atoms with E-state index in [1.165, 1.54) is 10.5 Å². The lowest BCUT2D eigenvalue weighted by molar-refractivity contribution is 0.269. The molecule has 0 N–H and O–H groups in total. The fraction of sp³-hybridized carbons (Fsp3) is 0.333. The molecule has 0 fully saturated rings. The second kappa shape index (κ2) is 6.55. The number of hydrogen-bond donors (Lipinski definition) is 0. The van der Waals surface area contributed by atoms with Crippen molar-refractivity contribution in [1.29, 1.82) is 0 Å². The van der Waals surface area contributed by atoms with Crippen molar-refractivity contribution >= 4 is 11.8 Å². The topological polar surface area (TPSA) is 9.23 Å². The maximum atomic E-state index is 5.10. The van der Waals surface area contributed by atoms with Crippen LogP contribution in [0.1, 0.15) is 12.5 Å². The summed E-state index contributed by atoms with van der Waals surface area (Å²) < 4.78 is 5.10. The van der Waals surface area contributed by atoms with Gasteiger partial charge in [0.25, 0.3) is 0 Å². The zero-order chi connectivity index (χ0) is 10.2. The van der Waals surface area contributed by atoms with E-state index in [-0.39, 0.29) is 0 Å². The zero-order valence-corrected chi connectivity index (χ0v) is 9.51. The van der Waals surface area contributed by atoms with Gasteiger partial charge in [-0.3, -0.25) is 0 Å². The van der Waals surface area contributed by atoms with Crippen LogP contribution in [0, 0.1) is 6.92 Å². The molecular formula is C12H16OS. The van der Waals surface area contributed by atoms with Crippen LogP contribution in [0.5, 0.6) is 0 Å². The number of rotatable bonds is 5. The van der Waals surface area contributed by atoms with Crippen LogP contribution in [0.25, 0.3) is 0 Å². The lowest BCUT2D eigenvalue weighted by atomic mass is 10.2. The van der Waals surface area contributed by atoms with Gasteiger partial charge in [0.1, 0.15) is 0 Å². The number of ether oxygens (including phenoxy) is 1. The van der Waals surface area contributed by atoms with Gasteiger partial charge < -0.3 is 4.74 Å². The summed E-state index contributed by atoms with van der Waals surface area (Å²) in [7, 11) is 0. The Hall–Kier alpha value is -0.890. The second-order valence-corrected chi connectivity index (χ2v) is 4.04. The highest BCUT2D eigenvalue weighted by Crippen LogP contribution is 2.17. The molecule has 0 bridgehead atoms. The lowest BCUT2D eigenvalue weighted by Crippen LogP contribution is -1.79. The predicted molar refractivity (Wildman–Crippen MR) is 62.7 cm³/mol. The smallest absolute Gasteiger partial charge is 0.0845 e. The van der Waals surface area contributed by atoms with Crippen molar-refractivity contribution in [3.8, 4) is 0 Å². The van der Waals surface area contributed by atoms with Crippen molar-refractivity contribution in [2.24, 2.45) is 0 Å². The van der Waals surface area contributed by atoms with Gasteiger partial charge in [-0.05, 0) is 32.1 Å². The molecule has 0 spiro atoms. The van der Waals surface area contributed by atoms with Gasteiger partial charge in [-0.25, -0.2) is 0 Å². The minimum absolute atomic E-state index is 0.742. The molecule has 1 rings (SSSR count). The van der Waals surface area contributed by atoms with Gasteiger partial charge in [0.15, 0.2) is 0 Å². The fourth-order valence-electron chi connectivity index (χ4n) is 0.982. The van der Waals surface area contributed by atoms with Crippen molar-refractivity contribution in [3.63, 3.8) is 0 Å². The quantitative estimate of drug-likeness (QED) is 0.539. The maximum Gasteiger partial charge on any atom is 0.0845 e. The third-order valence-electron chi connectivity index (χ3n) is 1.73. The first-order valence-corrected chi connectivity index (χ1v) is 5.77. The number of aryl methyl sites for hydroxylation is 1. The molecule has 76 valence electrons. The molecule has 0 atom stereocenters. The lowest BCUT2D eigenvalue weighted by Gasteiger charge is -1.98. The highest BCUT2D eigenvalue weighted by molar-refractivity contribution is 7.99. The van der Waals surface area contributed by atoms with Crippen molar-refractivity contribution < 1.29 is 4.74 Å². The fourth-order valence-corrected chi connectivity index (χ4v) is 1.68. The normalized spacial score (nSPS) is 10.7. The summed E-state index contributed by atoms with van der Waals surface area (Å²) in [5, 5.41) is 0. The number of benzene rings is 1. The van der Waals surface area contributed by atoms with Crippen LogP contribution in [0.3, 0.4) is 0 Å². The van der Waals surface area contributed by atoms with Crippen molar-refractivity contribution in [3.05, 3.63) is 42.2 Å². The van der Waals surface area contributed by atoms with Gasteiger partial charge in [-0.1, -0.05) is 17.7 Å². The van der Waals surface area contributed by atoms with E-state index in [9.17, 15) is 0 Å². The number of thioether (sulfide) groups is 1. The van der Waals surface area contributed by atoms with E-state index < -0.39 is 0 Å². The summed E-state index contributed by atoms with van der Waals surface area (Å²) >= 11 is 1.81. The van der Waals surface area contributed by atoms with Crippen LogP contribution in [-0.2, 0) is 4.74 Å². The van der Waals surface area contributed by atoms with Crippen LogP contribution in [-0.4, -0.2) is 12.4 Å². The van der Waals surface area contributed by atoms with E-state index in [2.05, 4.69) is 31.2 Å². The largest absolute Gasteiger partial charge is 0.502 e. The van der Waals surface area contributed by atoms with Crippen LogP contribution < -0.4 is 0 Å². The van der Waals surface area contributed by atoms with E-state index in [0.717, 1.165) is 12.4 Å². The molecule has 14 heavy (non-hydrogen) atoms. The van der Waals surface area contributed by atoms with Crippen molar-refractivity contribution in [1.82, 2.24) is 0 Å². The Morgan fingerprint density at radius 1 is 1.29 bits per heavy atom. The first kappa shape index (κ1) is 11.2. The van der Waals surface area contributed by atoms with Crippen LogP contribution in [0.4, 0.5) is 0 Å². The molecular weight excluding hydrogens is 192 g/mol. The Bertz CT molecular complexity index is 277. The van der Waals surface area contributed by atoms with Crippen molar-refractivity contribution in [2.45, 2.75) is 18.7 Å². The summed E-state index contributed by atoms with van der Waals surface area (Å²) in [5.41, 5.74) is 1.30. The molecule has 0 amide bonds.